The molecule has 0 aliphatic rings. The van der Waals surface area contributed by atoms with Gasteiger partial charge in [0.05, 0.1) is 6.04 Å². The second-order valence-electron chi connectivity index (χ2n) is 7.34. The van der Waals surface area contributed by atoms with Gasteiger partial charge in [0.15, 0.2) is 0 Å². The minimum absolute atomic E-state index is 0.211. The Hall–Kier alpha value is -2.94. The van der Waals surface area contributed by atoms with Crippen molar-refractivity contribution in [1.82, 2.24) is 16.0 Å². The van der Waals surface area contributed by atoms with Gasteiger partial charge in [0.1, 0.15) is 18.1 Å². The number of carboxylic acids is 1. The summed E-state index contributed by atoms with van der Waals surface area (Å²) in [6, 6.07) is 5.29. The van der Waals surface area contributed by atoms with E-state index in [4.69, 9.17) is 10.8 Å². The van der Waals surface area contributed by atoms with Crippen LogP contribution in [0.3, 0.4) is 0 Å². The number of aliphatic carboxylic acids is 1. The molecule has 0 spiro atoms. The van der Waals surface area contributed by atoms with E-state index in [0.29, 0.717) is 0 Å². The van der Waals surface area contributed by atoms with E-state index in [0.717, 1.165) is 5.56 Å². The Balaban J connectivity index is 2.97. The molecule has 0 fully saturated rings. The molecule has 1 rings (SSSR count). The van der Waals surface area contributed by atoms with Gasteiger partial charge in [0.2, 0.25) is 17.7 Å². The second-order valence-corrected chi connectivity index (χ2v) is 7.34. The Morgan fingerprint density at radius 3 is 1.97 bits per heavy atom. The molecule has 0 saturated heterocycles. The SMILES string of the molecule is CC(N)C(=O)NC(Cc1ccccc1)C(=O)NC(C(=O)NC(C)C(=O)O)C(C)C. The Morgan fingerprint density at radius 1 is 0.897 bits per heavy atom. The number of nitrogens with two attached hydrogens (primary N) is 1. The monoisotopic (exact) mass is 406 g/mol. The molecule has 0 radical (unpaired) electrons. The van der Waals surface area contributed by atoms with Gasteiger partial charge in [-0.15, -0.1) is 0 Å². The molecule has 3 amide bonds. The summed E-state index contributed by atoms with van der Waals surface area (Å²) in [5.74, 6) is -3.15. The Bertz CT molecular complexity index is 721. The van der Waals surface area contributed by atoms with Crippen LogP contribution in [0.25, 0.3) is 0 Å². The first-order valence-corrected chi connectivity index (χ1v) is 9.46. The fourth-order valence-electron chi connectivity index (χ4n) is 2.52. The fraction of sp³-hybridized carbons (Fsp3) is 0.500. The molecule has 29 heavy (non-hydrogen) atoms. The van der Waals surface area contributed by atoms with Crippen LogP contribution in [-0.4, -0.2) is 53.0 Å². The zero-order chi connectivity index (χ0) is 22.1. The third-order valence-corrected chi connectivity index (χ3v) is 4.31. The summed E-state index contributed by atoms with van der Waals surface area (Å²) >= 11 is 0. The van der Waals surface area contributed by atoms with Gasteiger partial charge >= 0.3 is 5.97 Å². The molecule has 0 aliphatic carbocycles. The van der Waals surface area contributed by atoms with Crippen LogP contribution < -0.4 is 21.7 Å². The maximum absolute atomic E-state index is 12.9. The van der Waals surface area contributed by atoms with Crippen molar-refractivity contribution in [3.05, 3.63) is 35.9 Å². The predicted molar refractivity (Wildman–Crippen MR) is 108 cm³/mol. The third-order valence-electron chi connectivity index (χ3n) is 4.31. The van der Waals surface area contributed by atoms with Crippen molar-refractivity contribution in [2.45, 2.75) is 58.3 Å². The molecule has 0 saturated carbocycles. The summed E-state index contributed by atoms with van der Waals surface area (Å²) in [7, 11) is 0. The van der Waals surface area contributed by atoms with Crippen LogP contribution in [0.2, 0.25) is 0 Å². The molecule has 0 bridgehead atoms. The molecule has 9 nitrogen and oxygen atoms in total. The first-order chi connectivity index (χ1) is 13.5. The zero-order valence-electron chi connectivity index (χ0n) is 17.1. The van der Waals surface area contributed by atoms with E-state index in [2.05, 4.69) is 16.0 Å². The molecule has 0 aromatic heterocycles. The Kier molecular flexibility index (Phi) is 9.27. The van der Waals surface area contributed by atoms with Crippen molar-refractivity contribution in [2.24, 2.45) is 11.7 Å². The summed E-state index contributed by atoms with van der Waals surface area (Å²) in [6.45, 7) is 6.29. The average Bonchev–Trinajstić information content (AvgIpc) is 2.65. The first-order valence-electron chi connectivity index (χ1n) is 9.46. The van der Waals surface area contributed by atoms with E-state index in [1.807, 2.05) is 30.3 Å². The number of rotatable bonds is 10. The van der Waals surface area contributed by atoms with Gasteiger partial charge in [-0.05, 0) is 25.3 Å². The quantitative estimate of drug-likeness (QED) is 0.363. The highest BCUT2D eigenvalue weighted by molar-refractivity contribution is 5.94. The van der Waals surface area contributed by atoms with Crippen molar-refractivity contribution in [1.29, 1.82) is 0 Å². The number of hydrogen-bond donors (Lipinski definition) is 5. The maximum atomic E-state index is 12.9. The van der Waals surface area contributed by atoms with Crippen molar-refractivity contribution in [3.8, 4) is 0 Å². The minimum Gasteiger partial charge on any atom is -0.480 e. The van der Waals surface area contributed by atoms with Crippen LogP contribution in [0.15, 0.2) is 30.3 Å². The number of amides is 3. The van der Waals surface area contributed by atoms with Crippen molar-refractivity contribution < 1.29 is 24.3 Å². The minimum atomic E-state index is -1.18. The number of carbonyl (C=O) groups excluding carboxylic acids is 3. The molecule has 0 aliphatic heterocycles. The topological polar surface area (TPSA) is 151 Å². The van der Waals surface area contributed by atoms with Crippen molar-refractivity contribution >= 4 is 23.7 Å². The number of nitrogens with one attached hydrogen (secondary N) is 3. The predicted octanol–water partition coefficient (Wildman–Crippen LogP) is -0.209. The molecule has 4 unspecified atom stereocenters. The van der Waals surface area contributed by atoms with Crippen LogP contribution in [-0.2, 0) is 25.6 Å². The summed E-state index contributed by atoms with van der Waals surface area (Å²) in [4.78, 5) is 48.4. The summed E-state index contributed by atoms with van der Waals surface area (Å²) in [5, 5.41) is 16.6. The van der Waals surface area contributed by atoms with E-state index in [-0.39, 0.29) is 12.3 Å². The zero-order valence-corrected chi connectivity index (χ0v) is 17.1. The van der Waals surface area contributed by atoms with Crippen LogP contribution in [0.1, 0.15) is 33.3 Å². The van der Waals surface area contributed by atoms with Gasteiger partial charge in [-0.1, -0.05) is 44.2 Å². The van der Waals surface area contributed by atoms with Gasteiger partial charge in [-0.2, -0.15) is 0 Å². The average molecular weight is 406 g/mol. The van der Waals surface area contributed by atoms with Gasteiger partial charge in [0.25, 0.3) is 0 Å². The molecule has 4 atom stereocenters. The smallest absolute Gasteiger partial charge is 0.325 e. The number of carboxylic acid groups (broad SMARTS) is 1. The lowest BCUT2D eigenvalue weighted by Gasteiger charge is -2.26. The van der Waals surface area contributed by atoms with Gasteiger partial charge in [-0.3, -0.25) is 19.2 Å². The standard InChI is InChI=1S/C20H30N4O5/c1-11(2)16(19(27)22-13(4)20(28)29)24-18(26)15(23-17(25)12(3)21)10-14-8-6-5-7-9-14/h5-9,11-13,15-16H,10,21H2,1-4H3,(H,22,27)(H,23,25)(H,24,26)(H,28,29). The highest BCUT2D eigenvalue weighted by Gasteiger charge is 2.30. The third kappa shape index (κ3) is 7.90. The van der Waals surface area contributed by atoms with Crippen LogP contribution in [0.5, 0.6) is 0 Å². The summed E-state index contributed by atoms with van der Waals surface area (Å²) < 4.78 is 0. The van der Waals surface area contributed by atoms with Crippen molar-refractivity contribution in [2.75, 3.05) is 0 Å². The number of benzene rings is 1. The normalized spacial score (nSPS) is 15.0. The Morgan fingerprint density at radius 2 is 1.48 bits per heavy atom. The molecule has 0 heterocycles. The van der Waals surface area contributed by atoms with Crippen molar-refractivity contribution in [3.63, 3.8) is 0 Å². The lowest BCUT2D eigenvalue weighted by atomic mass is 10.0. The summed E-state index contributed by atoms with van der Waals surface area (Å²) in [6.07, 6.45) is 0.211. The molecule has 1 aromatic rings. The van der Waals surface area contributed by atoms with E-state index in [9.17, 15) is 19.2 Å². The van der Waals surface area contributed by atoms with Crippen LogP contribution in [0, 0.1) is 5.92 Å². The van der Waals surface area contributed by atoms with E-state index in [1.165, 1.54) is 13.8 Å². The Labute approximate surface area is 170 Å². The van der Waals surface area contributed by atoms with Gasteiger partial charge < -0.3 is 26.8 Å². The van der Waals surface area contributed by atoms with Gasteiger partial charge in [0, 0.05) is 6.42 Å². The van der Waals surface area contributed by atoms with E-state index in [1.54, 1.807) is 13.8 Å². The number of hydrogen-bond acceptors (Lipinski definition) is 5. The fourth-order valence-corrected chi connectivity index (χ4v) is 2.52. The van der Waals surface area contributed by atoms with Gasteiger partial charge in [-0.25, -0.2) is 0 Å². The maximum Gasteiger partial charge on any atom is 0.325 e. The highest BCUT2D eigenvalue weighted by atomic mass is 16.4. The van der Waals surface area contributed by atoms with E-state index < -0.39 is 47.9 Å². The highest BCUT2D eigenvalue weighted by Crippen LogP contribution is 2.07. The largest absolute Gasteiger partial charge is 0.480 e. The molecular weight excluding hydrogens is 376 g/mol. The van der Waals surface area contributed by atoms with Crippen LogP contribution >= 0.6 is 0 Å². The molecule has 6 N–H and O–H groups in total. The molecule has 160 valence electrons. The van der Waals surface area contributed by atoms with Crippen LogP contribution in [0.4, 0.5) is 0 Å². The lowest BCUT2D eigenvalue weighted by Crippen LogP contribution is -2.58. The second kappa shape index (κ2) is 11.2. The lowest BCUT2D eigenvalue weighted by molar-refractivity contribution is -0.142. The molecular formula is C20H30N4O5. The molecule has 9 heteroatoms. The first kappa shape index (κ1) is 24.1. The summed E-state index contributed by atoms with van der Waals surface area (Å²) in [5.41, 5.74) is 6.42. The number of carbonyl (C=O) groups is 4. The van der Waals surface area contributed by atoms with E-state index >= 15 is 0 Å². The molecule has 1 aromatic carbocycles.